The predicted octanol–water partition coefficient (Wildman–Crippen LogP) is 3.86. The van der Waals surface area contributed by atoms with Gasteiger partial charge in [-0.15, -0.1) is 0 Å². The molecular weight excluding hydrogens is 184 g/mol. The number of hydrogen-bond donors (Lipinski definition) is 0. The second kappa shape index (κ2) is 4.09. The van der Waals surface area contributed by atoms with E-state index in [-0.39, 0.29) is 6.10 Å². The number of aryl methyl sites for hydroxylation is 1. The first-order valence-electron chi connectivity index (χ1n) is 5.58. The number of rotatable bonds is 2. The summed E-state index contributed by atoms with van der Waals surface area (Å²) in [6.45, 7) is 8.01. The number of ether oxygens (including phenoxy) is 1. The van der Waals surface area contributed by atoms with E-state index in [1.54, 1.807) is 0 Å². The van der Waals surface area contributed by atoms with Crippen molar-refractivity contribution < 1.29 is 4.74 Å². The molecule has 1 nitrogen and oxygen atoms in total. The Bertz CT molecular complexity index is 367. The first-order valence-corrected chi connectivity index (χ1v) is 5.58. The Morgan fingerprint density at radius 2 is 2.13 bits per heavy atom. The van der Waals surface area contributed by atoms with E-state index in [4.69, 9.17) is 4.74 Å². The molecule has 2 atom stereocenters. The summed E-state index contributed by atoms with van der Waals surface area (Å²) in [5.74, 6) is 1.39. The Kier molecular flexibility index (Phi) is 2.81. The Morgan fingerprint density at radius 1 is 1.40 bits per heavy atom. The van der Waals surface area contributed by atoms with Crippen LogP contribution in [0.25, 0.3) is 0 Å². The molecule has 1 aromatic rings. The molecule has 0 heterocycles. The first kappa shape index (κ1) is 10.3. The molecule has 0 radical (unpaired) electrons. The summed E-state index contributed by atoms with van der Waals surface area (Å²) >= 11 is 0. The normalized spacial score (nSPS) is 24.4. The second-order valence-corrected chi connectivity index (χ2v) is 4.46. The summed E-state index contributed by atoms with van der Waals surface area (Å²) in [4.78, 5) is 0. The molecule has 0 spiro atoms. The summed E-state index contributed by atoms with van der Waals surface area (Å²) in [6, 6.07) is 8.58. The highest BCUT2D eigenvalue weighted by molar-refractivity contribution is 5.32. The van der Waals surface area contributed by atoms with Gasteiger partial charge in [0.1, 0.15) is 6.10 Å². The van der Waals surface area contributed by atoms with E-state index in [1.165, 1.54) is 24.0 Å². The predicted molar refractivity (Wildman–Crippen MR) is 62.6 cm³/mol. The SMILES string of the molecule is C=C(C)O[C@H]1c2ccccc2CCC1C. The fraction of sp³-hybridized carbons (Fsp3) is 0.429. The van der Waals surface area contributed by atoms with Crippen LogP contribution in [0.1, 0.15) is 37.5 Å². The van der Waals surface area contributed by atoms with Crippen molar-refractivity contribution in [2.75, 3.05) is 0 Å². The average Bonchev–Trinajstić information content (AvgIpc) is 2.22. The Hall–Kier alpha value is -1.24. The van der Waals surface area contributed by atoms with E-state index < -0.39 is 0 Å². The van der Waals surface area contributed by atoms with Crippen LogP contribution in [0.5, 0.6) is 0 Å². The van der Waals surface area contributed by atoms with Crippen molar-refractivity contribution in [3.63, 3.8) is 0 Å². The van der Waals surface area contributed by atoms with Crippen molar-refractivity contribution in [1.82, 2.24) is 0 Å². The molecule has 1 heteroatoms. The molecule has 0 aliphatic heterocycles. The van der Waals surface area contributed by atoms with Gasteiger partial charge >= 0.3 is 0 Å². The maximum atomic E-state index is 5.84. The zero-order valence-electron chi connectivity index (χ0n) is 9.49. The molecule has 1 aromatic carbocycles. The monoisotopic (exact) mass is 202 g/mol. The number of hydrogen-bond acceptors (Lipinski definition) is 1. The van der Waals surface area contributed by atoms with Gasteiger partial charge in [-0.05, 0) is 36.8 Å². The van der Waals surface area contributed by atoms with Crippen LogP contribution < -0.4 is 0 Å². The van der Waals surface area contributed by atoms with Gasteiger partial charge in [-0.1, -0.05) is 37.8 Å². The van der Waals surface area contributed by atoms with Crippen LogP contribution in [0, 0.1) is 5.92 Å². The third-order valence-corrected chi connectivity index (χ3v) is 3.08. The summed E-state index contributed by atoms with van der Waals surface area (Å²) in [7, 11) is 0. The van der Waals surface area contributed by atoms with Crippen LogP contribution in [-0.2, 0) is 11.2 Å². The van der Waals surface area contributed by atoms with Crippen molar-refractivity contribution in [1.29, 1.82) is 0 Å². The van der Waals surface area contributed by atoms with Gasteiger partial charge in [-0.3, -0.25) is 0 Å². The zero-order chi connectivity index (χ0) is 10.8. The third-order valence-electron chi connectivity index (χ3n) is 3.08. The molecule has 0 fully saturated rings. The Morgan fingerprint density at radius 3 is 2.87 bits per heavy atom. The van der Waals surface area contributed by atoms with Crippen LogP contribution >= 0.6 is 0 Å². The van der Waals surface area contributed by atoms with Crippen molar-refractivity contribution in [2.24, 2.45) is 5.92 Å². The average molecular weight is 202 g/mol. The maximum absolute atomic E-state index is 5.84. The lowest BCUT2D eigenvalue weighted by molar-refractivity contribution is 0.0612. The molecule has 0 saturated carbocycles. The molecule has 1 unspecified atom stereocenters. The van der Waals surface area contributed by atoms with Crippen molar-refractivity contribution in [2.45, 2.75) is 32.8 Å². The maximum Gasteiger partial charge on any atom is 0.126 e. The van der Waals surface area contributed by atoms with Crippen molar-refractivity contribution >= 4 is 0 Å². The Balaban J connectivity index is 2.32. The fourth-order valence-corrected chi connectivity index (χ4v) is 2.28. The topological polar surface area (TPSA) is 9.23 Å². The van der Waals surface area contributed by atoms with E-state index >= 15 is 0 Å². The zero-order valence-corrected chi connectivity index (χ0v) is 9.49. The minimum absolute atomic E-state index is 0.201. The highest BCUT2D eigenvalue weighted by Gasteiger charge is 2.27. The minimum atomic E-state index is 0.201. The van der Waals surface area contributed by atoms with Crippen molar-refractivity contribution in [3.05, 3.63) is 47.7 Å². The van der Waals surface area contributed by atoms with Gasteiger partial charge in [0, 0.05) is 0 Å². The lowest BCUT2D eigenvalue weighted by Crippen LogP contribution is -2.20. The lowest BCUT2D eigenvalue weighted by Gasteiger charge is -2.31. The summed E-state index contributed by atoms with van der Waals surface area (Å²) < 4.78 is 5.84. The quantitative estimate of drug-likeness (QED) is 0.662. The molecule has 0 bridgehead atoms. The molecule has 15 heavy (non-hydrogen) atoms. The van der Waals surface area contributed by atoms with E-state index in [2.05, 4.69) is 37.8 Å². The fourth-order valence-electron chi connectivity index (χ4n) is 2.28. The van der Waals surface area contributed by atoms with Gasteiger partial charge in [0.25, 0.3) is 0 Å². The number of allylic oxidation sites excluding steroid dienone is 1. The van der Waals surface area contributed by atoms with Crippen LogP contribution in [0.4, 0.5) is 0 Å². The largest absolute Gasteiger partial charge is 0.491 e. The van der Waals surface area contributed by atoms with E-state index in [1.807, 2.05) is 6.92 Å². The van der Waals surface area contributed by atoms with Crippen LogP contribution in [0.15, 0.2) is 36.6 Å². The highest BCUT2D eigenvalue weighted by Crippen LogP contribution is 2.37. The molecule has 80 valence electrons. The van der Waals surface area contributed by atoms with Crippen molar-refractivity contribution in [3.8, 4) is 0 Å². The number of fused-ring (bicyclic) bond motifs is 1. The van der Waals surface area contributed by atoms with E-state index in [9.17, 15) is 0 Å². The molecule has 0 aromatic heterocycles. The van der Waals surface area contributed by atoms with Gasteiger partial charge in [0.2, 0.25) is 0 Å². The molecule has 0 saturated heterocycles. The van der Waals surface area contributed by atoms with Gasteiger partial charge < -0.3 is 4.74 Å². The molecule has 1 aliphatic rings. The Labute approximate surface area is 91.8 Å². The highest BCUT2D eigenvalue weighted by atomic mass is 16.5. The molecule has 0 amide bonds. The first-order chi connectivity index (χ1) is 7.18. The van der Waals surface area contributed by atoms with Crippen LogP contribution in [0.3, 0.4) is 0 Å². The molecule has 1 aliphatic carbocycles. The molecule has 0 N–H and O–H groups in total. The van der Waals surface area contributed by atoms with Gasteiger partial charge in [0.15, 0.2) is 0 Å². The van der Waals surface area contributed by atoms with E-state index in [0.717, 1.165) is 5.76 Å². The van der Waals surface area contributed by atoms with Gasteiger partial charge in [0.05, 0.1) is 5.76 Å². The minimum Gasteiger partial charge on any atom is -0.491 e. The second-order valence-electron chi connectivity index (χ2n) is 4.46. The summed E-state index contributed by atoms with van der Waals surface area (Å²) in [6.07, 6.45) is 2.58. The number of benzene rings is 1. The molecular formula is C14H18O. The van der Waals surface area contributed by atoms with Gasteiger partial charge in [-0.2, -0.15) is 0 Å². The van der Waals surface area contributed by atoms with Gasteiger partial charge in [-0.25, -0.2) is 0 Å². The lowest BCUT2D eigenvalue weighted by atomic mass is 9.82. The van der Waals surface area contributed by atoms with E-state index in [0.29, 0.717) is 5.92 Å². The smallest absolute Gasteiger partial charge is 0.126 e. The summed E-state index contributed by atoms with van der Waals surface area (Å²) in [5, 5.41) is 0. The van der Waals surface area contributed by atoms with Crippen LogP contribution in [-0.4, -0.2) is 0 Å². The summed E-state index contributed by atoms with van der Waals surface area (Å²) in [5.41, 5.74) is 2.78. The third kappa shape index (κ3) is 2.06. The molecule has 2 rings (SSSR count). The van der Waals surface area contributed by atoms with Crippen LogP contribution in [0.2, 0.25) is 0 Å². The standard InChI is InChI=1S/C14H18O/c1-10(2)15-14-11(3)8-9-12-6-4-5-7-13(12)14/h4-7,11,14H,1,8-9H2,2-3H3/t11?,14-/m1/s1.